The maximum atomic E-state index is 12.4. The molecule has 0 aliphatic carbocycles. The Hall–Kier alpha value is -2.54. The molecule has 7 heteroatoms. The summed E-state index contributed by atoms with van der Waals surface area (Å²) in [4.78, 5) is 14.1. The number of ether oxygens (including phenoxy) is 2. The van der Waals surface area contributed by atoms with Crippen LogP contribution < -0.4 is 14.8 Å². The van der Waals surface area contributed by atoms with Crippen LogP contribution in [0, 0.1) is 6.92 Å². The summed E-state index contributed by atoms with van der Waals surface area (Å²) in [5, 5.41) is 8.31. The second-order valence-corrected chi connectivity index (χ2v) is 6.43. The topological polar surface area (TPSA) is 65.4 Å². The van der Waals surface area contributed by atoms with E-state index in [0.29, 0.717) is 17.2 Å². The Balaban J connectivity index is 1.76. The Labute approximate surface area is 144 Å². The second kappa shape index (κ2) is 6.52. The average Bonchev–Trinajstić information content (AvgIpc) is 3.14. The third-order valence-corrected chi connectivity index (χ3v) is 5.05. The van der Waals surface area contributed by atoms with Crippen molar-refractivity contribution < 1.29 is 14.3 Å². The molecule has 0 radical (unpaired) electrons. The van der Waals surface area contributed by atoms with Gasteiger partial charge in [-0.3, -0.25) is 9.48 Å². The molecule has 0 saturated heterocycles. The molecule has 1 aromatic carbocycles. The third-order valence-electron chi connectivity index (χ3n) is 3.85. The molecule has 0 aliphatic rings. The maximum absolute atomic E-state index is 12.4. The minimum absolute atomic E-state index is 0.103. The number of carbonyl (C=O) groups excluding carboxylic acids is 1. The molecule has 0 spiro atoms. The van der Waals surface area contributed by atoms with E-state index in [1.807, 2.05) is 32.2 Å². The minimum atomic E-state index is -0.103. The van der Waals surface area contributed by atoms with Gasteiger partial charge in [-0.05, 0) is 25.1 Å². The van der Waals surface area contributed by atoms with Crippen molar-refractivity contribution in [2.45, 2.75) is 13.5 Å². The molecule has 1 amide bonds. The number of aryl methyl sites for hydroxylation is 2. The number of benzene rings is 1. The summed E-state index contributed by atoms with van der Waals surface area (Å²) >= 11 is 1.44. The number of carbonyl (C=O) groups is 1. The van der Waals surface area contributed by atoms with Gasteiger partial charge in [-0.25, -0.2) is 0 Å². The van der Waals surface area contributed by atoms with Crippen LogP contribution in [0.5, 0.6) is 11.5 Å². The van der Waals surface area contributed by atoms with E-state index in [9.17, 15) is 4.79 Å². The molecule has 6 nitrogen and oxygen atoms in total. The largest absolute Gasteiger partial charge is 0.497 e. The molecule has 3 rings (SSSR count). The Morgan fingerprint density at radius 1 is 1.29 bits per heavy atom. The Bertz CT molecular complexity index is 864. The highest BCUT2D eigenvalue weighted by molar-refractivity contribution is 7.20. The number of hydrogen-bond donors (Lipinski definition) is 1. The molecule has 0 saturated carbocycles. The Kier molecular flexibility index (Phi) is 4.44. The highest BCUT2D eigenvalue weighted by Crippen LogP contribution is 2.28. The van der Waals surface area contributed by atoms with E-state index < -0.39 is 0 Å². The molecule has 2 heterocycles. The highest BCUT2D eigenvalue weighted by Gasteiger charge is 2.15. The van der Waals surface area contributed by atoms with Gasteiger partial charge in [0.05, 0.1) is 24.8 Å². The SMILES string of the molecule is COc1ccc(CNC(=O)c2cc3c(C)nn(C)c3s2)c(OC)c1. The molecule has 0 fully saturated rings. The lowest BCUT2D eigenvalue weighted by atomic mass is 10.2. The number of methoxy groups -OCH3 is 2. The molecule has 2 aromatic heterocycles. The second-order valence-electron chi connectivity index (χ2n) is 5.40. The van der Waals surface area contributed by atoms with Crippen molar-refractivity contribution in [2.24, 2.45) is 7.05 Å². The van der Waals surface area contributed by atoms with Crippen molar-refractivity contribution in [1.29, 1.82) is 0 Å². The van der Waals surface area contributed by atoms with Crippen LogP contribution >= 0.6 is 11.3 Å². The van der Waals surface area contributed by atoms with E-state index in [-0.39, 0.29) is 5.91 Å². The van der Waals surface area contributed by atoms with Crippen molar-refractivity contribution in [1.82, 2.24) is 15.1 Å². The average molecular weight is 345 g/mol. The standard InChI is InChI=1S/C17H19N3O3S/c1-10-13-8-15(24-17(13)20(2)19-10)16(21)18-9-11-5-6-12(22-3)7-14(11)23-4/h5-8H,9H2,1-4H3,(H,18,21). The predicted molar refractivity (Wildman–Crippen MR) is 94.0 cm³/mol. The van der Waals surface area contributed by atoms with Crippen molar-refractivity contribution in [2.75, 3.05) is 14.2 Å². The van der Waals surface area contributed by atoms with E-state index in [1.165, 1.54) is 11.3 Å². The fourth-order valence-corrected chi connectivity index (χ4v) is 3.62. The van der Waals surface area contributed by atoms with Crippen LogP contribution in [0.4, 0.5) is 0 Å². The quantitative estimate of drug-likeness (QED) is 0.772. The summed E-state index contributed by atoms with van der Waals surface area (Å²) in [5.74, 6) is 1.30. The molecule has 3 aromatic rings. The fourth-order valence-electron chi connectivity index (χ4n) is 2.58. The number of fused-ring (bicyclic) bond motifs is 1. The molecular formula is C17H19N3O3S. The fraction of sp³-hybridized carbons (Fsp3) is 0.294. The predicted octanol–water partition coefficient (Wildman–Crippen LogP) is 2.89. The number of nitrogens with zero attached hydrogens (tertiary/aromatic N) is 2. The van der Waals surface area contributed by atoms with Gasteiger partial charge < -0.3 is 14.8 Å². The number of nitrogens with one attached hydrogen (secondary N) is 1. The van der Waals surface area contributed by atoms with E-state index in [0.717, 1.165) is 27.2 Å². The smallest absolute Gasteiger partial charge is 0.261 e. The van der Waals surface area contributed by atoms with E-state index >= 15 is 0 Å². The number of hydrogen-bond acceptors (Lipinski definition) is 5. The number of rotatable bonds is 5. The van der Waals surface area contributed by atoms with Gasteiger partial charge >= 0.3 is 0 Å². The molecule has 0 bridgehead atoms. The van der Waals surface area contributed by atoms with Crippen LogP contribution in [-0.4, -0.2) is 29.9 Å². The van der Waals surface area contributed by atoms with Gasteiger partial charge in [0.1, 0.15) is 16.3 Å². The van der Waals surface area contributed by atoms with E-state index in [1.54, 1.807) is 25.0 Å². The first-order valence-corrected chi connectivity index (χ1v) is 8.27. The van der Waals surface area contributed by atoms with Gasteiger partial charge in [-0.15, -0.1) is 11.3 Å². The Morgan fingerprint density at radius 3 is 2.75 bits per heavy atom. The summed E-state index contributed by atoms with van der Waals surface area (Å²) in [6.07, 6.45) is 0. The van der Waals surface area contributed by atoms with Gasteiger partial charge in [0.25, 0.3) is 5.91 Å². The lowest BCUT2D eigenvalue weighted by Crippen LogP contribution is -2.22. The zero-order valence-corrected chi connectivity index (χ0v) is 14.9. The van der Waals surface area contributed by atoms with Gasteiger partial charge in [0.2, 0.25) is 0 Å². The van der Waals surface area contributed by atoms with Crippen molar-refractivity contribution in [3.63, 3.8) is 0 Å². The van der Waals surface area contributed by atoms with Gasteiger partial charge in [0.15, 0.2) is 0 Å². The van der Waals surface area contributed by atoms with Gasteiger partial charge in [-0.2, -0.15) is 5.10 Å². The first kappa shape index (κ1) is 16.3. The summed E-state index contributed by atoms with van der Waals surface area (Å²) < 4.78 is 12.3. The lowest BCUT2D eigenvalue weighted by Gasteiger charge is -2.11. The zero-order valence-electron chi connectivity index (χ0n) is 14.0. The summed E-state index contributed by atoms with van der Waals surface area (Å²) in [7, 11) is 5.09. The number of thiophene rings is 1. The van der Waals surface area contributed by atoms with Crippen LogP contribution in [0.1, 0.15) is 20.9 Å². The van der Waals surface area contributed by atoms with Crippen molar-refractivity contribution >= 4 is 27.5 Å². The summed E-state index contributed by atoms with van der Waals surface area (Å²) in [5.41, 5.74) is 1.82. The third kappa shape index (κ3) is 2.94. The molecule has 126 valence electrons. The Morgan fingerprint density at radius 2 is 2.08 bits per heavy atom. The highest BCUT2D eigenvalue weighted by atomic mass is 32.1. The van der Waals surface area contributed by atoms with Crippen LogP contribution in [0.25, 0.3) is 10.2 Å². The molecule has 0 aliphatic heterocycles. The first-order chi connectivity index (χ1) is 11.5. The normalized spacial score (nSPS) is 10.8. The van der Waals surface area contributed by atoms with Crippen molar-refractivity contribution in [3.8, 4) is 11.5 Å². The molecule has 0 atom stereocenters. The molecule has 1 N–H and O–H groups in total. The summed E-state index contributed by atoms with van der Waals surface area (Å²) in [6.45, 7) is 2.33. The van der Waals surface area contributed by atoms with Crippen molar-refractivity contribution in [3.05, 3.63) is 40.4 Å². The van der Waals surface area contributed by atoms with E-state index in [2.05, 4.69) is 10.4 Å². The monoisotopic (exact) mass is 345 g/mol. The lowest BCUT2D eigenvalue weighted by molar-refractivity contribution is 0.0955. The van der Waals surface area contributed by atoms with Crippen LogP contribution in [0.15, 0.2) is 24.3 Å². The minimum Gasteiger partial charge on any atom is -0.497 e. The first-order valence-electron chi connectivity index (χ1n) is 7.45. The molecule has 0 unspecified atom stereocenters. The number of aromatic nitrogens is 2. The molecule has 24 heavy (non-hydrogen) atoms. The van der Waals surface area contributed by atoms with Crippen LogP contribution in [-0.2, 0) is 13.6 Å². The van der Waals surface area contributed by atoms with Crippen LogP contribution in [0.3, 0.4) is 0 Å². The van der Waals surface area contributed by atoms with E-state index in [4.69, 9.17) is 9.47 Å². The van der Waals surface area contributed by atoms with Gasteiger partial charge in [0, 0.05) is 30.6 Å². The zero-order chi connectivity index (χ0) is 17.3. The molecular weight excluding hydrogens is 326 g/mol. The van der Waals surface area contributed by atoms with Gasteiger partial charge in [-0.1, -0.05) is 0 Å². The maximum Gasteiger partial charge on any atom is 0.261 e. The van der Waals surface area contributed by atoms with Crippen LogP contribution in [0.2, 0.25) is 0 Å². The summed E-state index contributed by atoms with van der Waals surface area (Å²) in [6, 6.07) is 7.42. The number of amides is 1.